The van der Waals surface area contributed by atoms with Gasteiger partial charge >= 0.3 is 0 Å². The summed E-state index contributed by atoms with van der Waals surface area (Å²) in [6.07, 6.45) is 3.50. The van der Waals surface area contributed by atoms with Gasteiger partial charge in [0.2, 0.25) is 0 Å². The molecule has 2 N–H and O–H groups in total. The lowest BCUT2D eigenvalue weighted by atomic mass is 10.2. The van der Waals surface area contributed by atoms with Crippen molar-refractivity contribution in [2.24, 2.45) is 0 Å². The van der Waals surface area contributed by atoms with Gasteiger partial charge in [-0.2, -0.15) is 0 Å². The quantitative estimate of drug-likeness (QED) is 0.702. The molecule has 6 heteroatoms. The van der Waals surface area contributed by atoms with Gasteiger partial charge in [-0.25, -0.2) is 13.8 Å². The number of aromatic amines is 1. The number of benzene rings is 1. The summed E-state index contributed by atoms with van der Waals surface area (Å²) in [5.41, 5.74) is 1.84. The van der Waals surface area contributed by atoms with Gasteiger partial charge in [0.1, 0.15) is 17.3 Å². The number of hydrogen-bond donors (Lipinski definition) is 2. The molecular formula is C14H10BrF2N3. The fraction of sp³-hybridized carbons (Fsp3) is 0.0714. The van der Waals surface area contributed by atoms with Crippen LogP contribution in [0.5, 0.6) is 0 Å². The number of rotatable bonds is 3. The number of hydrogen-bond acceptors (Lipinski definition) is 2. The summed E-state index contributed by atoms with van der Waals surface area (Å²) in [5, 5.41) is 3.85. The number of anilines is 1. The largest absolute Gasteiger partial charge is 0.378 e. The Hall–Kier alpha value is -1.95. The molecule has 0 fully saturated rings. The van der Waals surface area contributed by atoms with Crippen molar-refractivity contribution in [3.63, 3.8) is 0 Å². The second-order valence-corrected chi connectivity index (χ2v) is 5.17. The summed E-state index contributed by atoms with van der Waals surface area (Å²) in [7, 11) is 0. The summed E-state index contributed by atoms with van der Waals surface area (Å²) in [6.45, 7) is 0.379. The van der Waals surface area contributed by atoms with E-state index < -0.39 is 11.6 Å². The van der Waals surface area contributed by atoms with E-state index in [1.54, 1.807) is 12.4 Å². The van der Waals surface area contributed by atoms with Gasteiger partial charge < -0.3 is 10.3 Å². The number of nitrogens with one attached hydrogen (secondary N) is 2. The van der Waals surface area contributed by atoms with Crippen molar-refractivity contribution in [2.45, 2.75) is 6.54 Å². The summed E-state index contributed by atoms with van der Waals surface area (Å²) in [4.78, 5) is 7.21. The predicted molar refractivity (Wildman–Crippen MR) is 77.5 cm³/mol. The van der Waals surface area contributed by atoms with Crippen LogP contribution in [-0.4, -0.2) is 9.97 Å². The van der Waals surface area contributed by atoms with Gasteiger partial charge in [-0.3, -0.25) is 0 Å². The molecule has 0 amide bonds. The Morgan fingerprint density at radius 3 is 2.95 bits per heavy atom. The van der Waals surface area contributed by atoms with Crippen LogP contribution in [0.1, 0.15) is 5.56 Å². The minimum atomic E-state index is -0.505. The molecule has 0 saturated heterocycles. The normalized spacial score (nSPS) is 10.9. The molecule has 0 saturated carbocycles. The highest BCUT2D eigenvalue weighted by molar-refractivity contribution is 9.10. The molecule has 0 bridgehead atoms. The van der Waals surface area contributed by atoms with E-state index >= 15 is 0 Å². The van der Waals surface area contributed by atoms with Crippen LogP contribution in [0.2, 0.25) is 0 Å². The lowest BCUT2D eigenvalue weighted by molar-refractivity contribution is 0.596. The van der Waals surface area contributed by atoms with Crippen LogP contribution in [0.3, 0.4) is 0 Å². The molecule has 0 aliphatic heterocycles. The van der Waals surface area contributed by atoms with Crippen LogP contribution >= 0.6 is 15.9 Å². The highest BCUT2D eigenvalue weighted by Crippen LogP contribution is 2.24. The lowest BCUT2D eigenvalue weighted by Crippen LogP contribution is -2.01. The van der Waals surface area contributed by atoms with E-state index in [1.165, 1.54) is 0 Å². The standard InChI is InChI=1S/C14H10BrF2N3/c15-10-4-12(17)13(5-11(10)16)19-6-8-7-20-14-9(8)2-1-3-18-14/h1-5,7,19H,6H2,(H,18,20). The molecule has 0 aliphatic rings. The second kappa shape index (κ2) is 5.20. The average Bonchev–Trinajstić information content (AvgIpc) is 2.85. The number of pyridine rings is 1. The maximum atomic E-state index is 13.7. The first kappa shape index (κ1) is 13.1. The van der Waals surface area contributed by atoms with Crippen molar-refractivity contribution in [3.05, 3.63) is 58.3 Å². The van der Waals surface area contributed by atoms with Crippen molar-refractivity contribution < 1.29 is 8.78 Å². The molecule has 2 aromatic heterocycles. The Morgan fingerprint density at radius 1 is 1.25 bits per heavy atom. The molecule has 20 heavy (non-hydrogen) atoms. The number of nitrogens with zero attached hydrogens (tertiary/aromatic N) is 1. The molecule has 0 radical (unpaired) electrons. The molecular weight excluding hydrogens is 328 g/mol. The zero-order valence-corrected chi connectivity index (χ0v) is 11.8. The molecule has 2 heterocycles. The van der Waals surface area contributed by atoms with Crippen LogP contribution in [0.4, 0.5) is 14.5 Å². The molecule has 1 aromatic carbocycles. The first-order chi connectivity index (χ1) is 9.65. The highest BCUT2D eigenvalue weighted by atomic mass is 79.9. The van der Waals surface area contributed by atoms with E-state index in [2.05, 4.69) is 31.2 Å². The van der Waals surface area contributed by atoms with E-state index in [0.717, 1.165) is 28.7 Å². The molecule has 3 aromatic rings. The maximum Gasteiger partial charge on any atom is 0.147 e. The predicted octanol–water partition coefficient (Wildman–Crippen LogP) is 4.22. The molecule has 0 atom stereocenters. The van der Waals surface area contributed by atoms with Crippen molar-refractivity contribution in [3.8, 4) is 0 Å². The van der Waals surface area contributed by atoms with Crippen LogP contribution in [-0.2, 0) is 6.54 Å². The van der Waals surface area contributed by atoms with Crippen molar-refractivity contribution in [2.75, 3.05) is 5.32 Å². The third-order valence-electron chi connectivity index (χ3n) is 3.02. The fourth-order valence-corrected chi connectivity index (χ4v) is 2.32. The third-order valence-corrected chi connectivity index (χ3v) is 3.62. The summed E-state index contributed by atoms with van der Waals surface area (Å²) in [5.74, 6) is -1.01. The van der Waals surface area contributed by atoms with Crippen LogP contribution < -0.4 is 5.32 Å². The molecule has 3 rings (SSSR count). The van der Waals surface area contributed by atoms with E-state index in [4.69, 9.17) is 0 Å². The Labute approximate surface area is 122 Å². The molecule has 0 spiro atoms. The van der Waals surface area contributed by atoms with Crippen LogP contribution in [0.25, 0.3) is 11.0 Å². The zero-order valence-electron chi connectivity index (χ0n) is 10.3. The average molecular weight is 338 g/mol. The lowest BCUT2D eigenvalue weighted by Gasteiger charge is -2.08. The van der Waals surface area contributed by atoms with Gasteiger partial charge in [0.15, 0.2) is 0 Å². The Balaban J connectivity index is 1.85. The Kier molecular flexibility index (Phi) is 3.40. The van der Waals surface area contributed by atoms with Crippen LogP contribution in [0, 0.1) is 11.6 Å². The number of fused-ring (bicyclic) bond motifs is 1. The summed E-state index contributed by atoms with van der Waals surface area (Å²) >= 11 is 2.95. The Morgan fingerprint density at radius 2 is 2.10 bits per heavy atom. The highest BCUT2D eigenvalue weighted by Gasteiger charge is 2.09. The molecule has 0 aliphatic carbocycles. The van der Waals surface area contributed by atoms with Crippen molar-refractivity contribution in [1.82, 2.24) is 9.97 Å². The van der Waals surface area contributed by atoms with Gasteiger partial charge in [0.05, 0.1) is 10.2 Å². The number of H-pyrrole nitrogens is 1. The van der Waals surface area contributed by atoms with E-state index in [1.807, 2.05) is 12.1 Å². The minimum Gasteiger partial charge on any atom is -0.378 e. The molecule has 102 valence electrons. The van der Waals surface area contributed by atoms with E-state index in [9.17, 15) is 8.78 Å². The minimum absolute atomic E-state index is 0.108. The number of aromatic nitrogens is 2. The van der Waals surface area contributed by atoms with E-state index in [-0.39, 0.29) is 10.2 Å². The maximum absolute atomic E-state index is 13.7. The van der Waals surface area contributed by atoms with Gasteiger partial charge in [0, 0.05) is 30.4 Å². The number of halogens is 3. The fourth-order valence-electron chi connectivity index (χ4n) is 2.01. The monoisotopic (exact) mass is 337 g/mol. The third kappa shape index (κ3) is 2.38. The second-order valence-electron chi connectivity index (χ2n) is 4.31. The van der Waals surface area contributed by atoms with Gasteiger partial charge in [-0.1, -0.05) is 0 Å². The summed E-state index contributed by atoms with van der Waals surface area (Å²) in [6, 6.07) is 5.99. The zero-order chi connectivity index (χ0) is 14.1. The van der Waals surface area contributed by atoms with Gasteiger partial charge in [-0.05, 0) is 39.7 Å². The van der Waals surface area contributed by atoms with E-state index in [0.29, 0.717) is 6.54 Å². The summed E-state index contributed by atoms with van der Waals surface area (Å²) < 4.78 is 27.2. The Bertz CT molecular complexity index is 770. The van der Waals surface area contributed by atoms with Crippen molar-refractivity contribution >= 4 is 32.7 Å². The molecule has 3 nitrogen and oxygen atoms in total. The van der Waals surface area contributed by atoms with Gasteiger partial charge in [-0.15, -0.1) is 0 Å². The van der Waals surface area contributed by atoms with Crippen LogP contribution in [0.15, 0.2) is 41.1 Å². The first-order valence-corrected chi connectivity index (χ1v) is 6.74. The van der Waals surface area contributed by atoms with Gasteiger partial charge in [0.25, 0.3) is 0 Å². The smallest absolute Gasteiger partial charge is 0.147 e. The van der Waals surface area contributed by atoms with Crippen molar-refractivity contribution in [1.29, 1.82) is 0 Å². The molecule has 0 unspecified atom stereocenters. The topological polar surface area (TPSA) is 40.7 Å². The SMILES string of the molecule is Fc1cc(NCc2c[nH]c3ncccc23)c(F)cc1Br. The first-order valence-electron chi connectivity index (χ1n) is 5.94.